The van der Waals surface area contributed by atoms with Crippen LogP contribution >= 0.6 is 11.3 Å². The van der Waals surface area contributed by atoms with Crippen LogP contribution < -0.4 is 0 Å². The molecule has 0 radical (unpaired) electrons. The zero-order chi connectivity index (χ0) is 40.8. The van der Waals surface area contributed by atoms with Crippen LogP contribution in [0.4, 0.5) is 0 Å². The molecule has 2 heterocycles. The summed E-state index contributed by atoms with van der Waals surface area (Å²) in [6.07, 6.45) is 0. The lowest BCUT2D eigenvalue weighted by atomic mass is 9.70. The third-order valence-corrected chi connectivity index (χ3v) is 14.1. The molecule has 0 bridgehead atoms. The summed E-state index contributed by atoms with van der Waals surface area (Å²) >= 11 is 1.83. The minimum atomic E-state index is -0.439. The van der Waals surface area contributed by atoms with Crippen molar-refractivity contribution in [3.63, 3.8) is 0 Å². The van der Waals surface area contributed by atoms with Crippen LogP contribution in [-0.2, 0) is 5.41 Å². The second-order valence-corrected chi connectivity index (χ2v) is 17.2. The van der Waals surface area contributed by atoms with Gasteiger partial charge in [-0.15, -0.1) is 11.3 Å². The number of benzene rings is 9. The Bertz CT molecular complexity index is 3560. The van der Waals surface area contributed by atoms with Crippen molar-refractivity contribution < 1.29 is 0 Å². The smallest absolute Gasteiger partial charge is 0.164 e. The van der Waals surface area contributed by atoms with Gasteiger partial charge in [-0.2, -0.15) is 0 Å². The molecule has 11 aromatic rings. The number of hydrogen-bond donors (Lipinski definition) is 0. The molecule has 0 amide bonds. The third kappa shape index (κ3) is 4.96. The predicted molar refractivity (Wildman–Crippen MR) is 256 cm³/mol. The van der Waals surface area contributed by atoms with Crippen molar-refractivity contribution in [3.8, 4) is 78.7 Å². The summed E-state index contributed by atoms with van der Waals surface area (Å²) in [4.78, 5) is 16.0. The quantitative estimate of drug-likeness (QED) is 0.174. The zero-order valence-corrected chi connectivity index (χ0v) is 34.3. The molecule has 4 heteroatoms. The first kappa shape index (κ1) is 35.0. The molecule has 0 aliphatic heterocycles. The number of hydrogen-bond acceptors (Lipinski definition) is 4. The molecule has 0 saturated carbocycles. The van der Waals surface area contributed by atoms with Crippen LogP contribution in [0.2, 0.25) is 0 Å². The van der Waals surface area contributed by atoms with E-state index in [-0.39, 0.29) is 0 Å². The van der Waals surface area contributed by atoms with E-state index in [1.807, 2.05) is 29.5 Å². The van der Waals surface area contributed by atoms with Crippen LogP contribution in [0.1, 0.15) is 22.3 Å². The predicted octanol–water partition coefficient (Wildman–Crippen LogP) is 14.9. The van der Waals surface area contributed by atoms with E-state index in [0.717, 1.165) is 33.4 Å². The van der Waals surface area contributed by atoms with Crippen molar-refractivity contribution in [2.75, 3.05) is 0 Å². The first-order valence-electron chi connectivity index (χ1n) is 21.1. The van der Waals surface area contributed by atoms with E-state index in [9.17, 15) is 0 Å². The van der Waals surface area contributed by atoms with E-state index >= 15 is 0 Å². The number of thiophene rings is 1. The van der Waals surface area contributed by atoms with Gasteiger partial charge in [0.05, 0.1) is 5.41 Å². The Morgan fingerprint density at radius 3 is 1.40 bits per heavy atom. The van der Waals surface area contributed by atoms with Gasteiger partial charge in [0.15, 0.2) is 17.5 Å². The second-order valence-electron chi connectivity index (χ2n) is 16.2. The highest BCUT2D eigenvalue weighted by molar-refractivity contribution is 7.25. The highest BCUT2D eigenvalue weighted by Crippen LogP contribution is 2.64. The van der Waals surface area contributed by atoms with Gasteiger partial charge in [-0.3, -0.25) is 0 Å². The van der Waals surface area contributed by atoms with Crippen LogP contribution in [0.25, 0.3) is 98.8 Å². The molecule has 13 rings (SSSR count). The minimum absolute atomic E-state index is 0.439. The fraction of sp³-hybridized carbons (Fsp3) is 0.0172. The van der Waals surface area contributed by atoms with E-state index in [1.165, 1.54) is 70.2 Å². The molecule has 3 nitrogen and oxygen atoms in total. The maximum absolute atomic E-state index is 5.45. The summed E-state index contributed by atoms with van der Waals surface area (Å²) in [5.41, 5.74) is 17.3. The van der Waals surface area contributed by atoms with E-state index in [1.54, 1.807) is 0 Å². The van der Waals surface area contributed by atoms with Gasteiger partial charge >= 0.3 is 0 Å². The molecule has 0 fully saturated rings. The van der Waals surface area contributed by atoms with Crippen LogP contribution in [0.5, 0.6) is 0 Å². The largest absolute Gasteiger partial charge is 0.208 e. The van der Waals surface area contributed by atoms with E-state index < -0.39 is 5.41 Å². The molecular weight excluding hydrogens is 771 g/mol. The van der Waals surface area contributed by atoms with Crippen molar-refractivity contribution in [1.82, 2.24) is 15.0 Å². The number of fused-ring (bicyclic) bond motifs is 13. The summed E-state index contributed by atoms with van der Waals surface area (Å²) in [7, 11) is 0. The maximum Gasteiger partial charge on any atom is 0.164 e. The van der Waals surface area contributed by atoms with Gasteiger partial charge in [0.1, 0.15) is 0 Å². The first-order valence-corrected chi connectivity index (χ1v) is 21.9. The Morgan fingerprint density at radius 1 is 0.290 bits per heavy atom. The van der Waals surface area contributed by atoms with Crippen LogP contribution in [0, 0.1) is 0 Å². The van der Waals surface area contributed by atoms with Crippen LogP contribution in [0.3, 0.4) is 0 Å². The molecule has 0 atom stereocenters. The Labute approximate surface area is 363 Å². The fourth-order valence-electron chi connectivity index (χ4n) is 10.5. The monoisotopic (exact) mass is 805 g/mol. The van der Waals surface area contributed by atoms with Gasteiger partial charge in [0.25, 0.3) is 0 Å². The summed E-state index contributed by atoms with van der Waals surface area (Å²) in [6, 6.07) is 76.6. The Hall–Kier alpha value is -7.79. The highest BCUT2D eigenvalue weighted by Gasteiger charge is 2.52. The molecule has 1 spiro atoms. The zero-order valence-electron chi connectivity index (χ0n) is 33.5. The highest BCUT2D eigenvalue weighted by atomic mass is 32.1. The number of rotatable bonds is 5. The van der Waals surface area contributed by atoms with Crippen LogP contribution in [-0.4, -0.2) is 15.0 Å². The normalized spacial score (nSPS) is 13.0. The number of nitrogens with zero attached hydrogens (tertiary/aromatic N) is 3. The first-order chi connectivity index (χ1) is 30.8. The SMILES string of the molecule is c1ccc(-c2nc(-c3ccccc3-c3cccc4c3-c3ccccc3C43c4ccccc4-c4ccccc43)nc(-c3ccccc3-c3cccc4sc5ccccc5c34)n2)cc1. The molecule has 2 aliphatic carbocycles. The molecule has 0 saturated heterocycles. The Balaban J connectivity index is 1.05. The van der Waals surface area contributed by atoms with Crippen molar-refractivity contribution >= 4 is 31.5 Å². The van der Waals surface area contributed by atoms with Gasteiger partial charge in [0.2, 0.25) is 0 Å². The second kappa shape index (κ2) is 13.6. The van der Waals surface area contributed by atoms with E-state index in [2.05, 4.69) is 194 Å². The van der Waals surface area contributed by atoms with Gasteiger partial charge < -0.3 is 0 Å². The average molecular weight is 806 g/mol. The summed E-state index contributed by atoms with van der Waals surface area (Å²) < 4.78 is 2.54. The fourth-order valence-corrected chi connectivity index (χ4v) is 11.7. The number of aromatic nitrogens is 3. The lowest BCUT2D eigenvalue weighted by molar-refractivity contribution is 0.794. The molecule has 62 heavy (non-hydrogen) atoms. The third-order valence-electron chi connectivity index (χ3n) is 13.0. The molecule has 2 aromatic heterocycles. The van der Waals surface area contributed by atoms with Crippen LogP contribution in [0.15, 0.2) is 212 Å². The van der Waals surface area contributed by atoms with Gasteiger partial charge in [-0.1, -0.05) is 200 Å². The summed E-state index contributed by atoms with van der Waals surface area (Å²) in [6.45, 7) is 0. The van der Waals surface area contributed by atoms with Gasteiger partial charge in [-0.05, 0) is 78.9 Å². The topological polar surface area (TPSA) is 38.7 Å². The lowest BCUT2D eigenvalue weighted by Gasteiger charge is -2.30. The van der Waals surface area contributed by atoms with Gasteiger partial charge in [-0.25, -0.2) is 15.0 Å². The Kier molecular flexibility index (Phi) is 7.69. The van der Waals surface area contributed by atoms with Gasteiger partial charge in [0, 0.05) is 36.9 Å². The average Bonchev–Trinajstić information content (AvgIpc) is 3.99. The Morgan fingerprint density at radius 2 is 0.726 bits per heavy atom. The van der Waals surface area contributed by atoms with Crippen molar-refractivity contribution in [2.24, 2.45) is 0 Å². The molecular formula is C58H35N3S. The summed E-state index contributed by atoms with van der Waals surface area (Å²) in [5, 5.41) is 2.52. The van der Waals surface area contributed by atoms with Crippen molar-refractivity contribution in [2.45, 2.75) is 5.41 Å². The standard InChI is InChI=1S/C58H35N3S/c1-2-18-36(19-3-1)55-59-56(61-57(60-55)44-25-7-5-21-38(44)42-29-17-35-52-54(42)46-27-11-15-34-51(46)62-52)43-24-6-4-20-37(43)41-28-16-33-50-53(41)45-26-10-14-32-49(45)58(50)47-30-12-8-22-39(47)40-23-9-13-31-48(40)58/h1-35H. The van der Waals surface area contributed by atoms with Crippen molar-refractivity contribution in [3.05, 3.63) is 235 Å². The molecule has 2 aliphatic rings. The molecule has 0 unspecified atom stereocenters. The van der Waals surface area contributed by atoms with E-state index in [0.29, 0.717) is 17.5 Å². The minimum Gasteiger partial charge on any atom is -0.208 e. The molecule has 9 aromatic carbocycles. The maximum atomic E-state index is 5.45. The lowest BCUT2D eigenvalue weighted by Crippen LogP contribution is -2.25. The van der Waals surface area contributed by atoms with E-state index in [4.69, 9.17) is 15.0 Å². The summed E-state index contributed by atoms with van der Waals surface area (Å²) in [5.74, 6) is 1.90. The van der Waals surface area contributed by atoms with Crippen molar-refractivity contribution in [1.29, 1.82) is 0 Å². The molecule has 288 valence electrons. The molecule has 0 N–H and O–H groups in total.